The fraction of sp³-hybridized carbons (Fsp3) is 0.412. The van der Waals surface area contributed by atoms with Gasteiger partial charge in [-0.25, -0.2) is 0 Å². The minimum atomic E-state index is 0.304. The van der Waals surface area contributed by atoms with Crippen molar-refractivity contribution in [1.29, 1.82) is 0 Å². The number of rotatable bonds is 4. The van der Waals surface area contributed by atoms with Gasteiger partial charge in [-0.1, -0.05) is 24.3 Å². The molecule has 0 fully saturated rings. The summed E-state index contributed by atoms with van der Waals surface area (Å²) in [6.45, 7) is 8.40. The Morgan fingerprint density at radius 2 is 1.74 bits per heavy atom. The molecule has 0 saturated heterocycles. The van der Waals surface area contributed by atoms with Crippen LogP contribution in [0.5, 0.6) is 0 Å². The first kappa shape index (κ1) is 13.9. The number of furan rings is 1. The fourth-order valence-corrected chi connectivity index (χ4v) is 2.73. The Labute approximate surface area is 115 Å². The van der Waals surface area contributed by atoms with Gasteiger partial charge < -0.3 is 9.73 Å². The Balaban J connectivity index is 2.33. The molecule has 0 aliphatic rings. The fourth-order valence-electron chi connectivity index (χ4n) is 2.73. The Kier molecular flexibility index (Phi) is 4.11. The van der Waals surface area contributed by atoms with Crippen LogP contribution < -0.4 is 5.32 Å². The van der Waals surface area contributed by atoms with Gasteiger partial charge in [0.05, 0.1) is 0 Å². The predicted molar refractivity (Wildman–Crippen MR) is 79.6 cm³/mol. The lowest BCUT2D eigenvalue weighted by Gasteiger charge is -2.18. The van der Waals surface area contributed by atoms with Gasteiger partial charge in [0, 0.05) is 11.6 Å². The second-order valence-electron chi connectivity index (χ2n) is 5.22. The van der Waals surface area contributed by atoms with E-state index in [9.17, 15) is 0 Å². The van der Waals surface area contributed by atoms with Crippen molar-refractivity contribution >= 4 is 0 Å². The van der Waals surface area contributed by atoms with Crippen LogP contribution in [0.15, 0.2) is 28.7 Å². The van der Waals surface area contributed by atoms with Gasteiger partial charge in [-0.2, -0.15) is 0 Å². The Morgan fingerprint density at radius 1 is 1.05 bits per heavy atom. The van der Waals surface area contributed by atoms with Crippen LogP contribution in [0.1, 0.15) is 39.8 Å². The highest BCUT2D eigenvalue weighted by Gasteiger charge is 2.20. The molecule has 19 heavy (non-hydrogen) atoms. The van der Waals surface area contributed by atoms with E-state index >= 15 is 0 Å². The minimum Gasteiger partial charge on any atom is -0.466 e. The molecule has 0 amide bonds. The maximum absolute atomic E-state index is 5.76. The quantitative estimate of drug-likeness (QED) is 0.895. The van der Waals surface area contributed by atoms with Gasteiger partial charge in [0.2, 0.25) is 0 Å². The second kappa shape index (κ2) is 5.62. The molecule has 1 heterocycles. The molecule has 2 heteroatoms. The number of benzene rings is 1. The summed E-state index contributed by atoms with van der Waals surface area (Å²) in [5.74, 6) is 2.06. The zero-order valence-corrected chi connectivity index (χ0v) is 12.5. The molecule has 0 spiro atoms. The first-order chi connectivity index (χ1) is 9.04. The van der Waals surface area contributed by atoms with Crippen LogP contribution >= 0.6 is 0 Å². The zero-order chi connectivity index (χ0) is 14.0. The number of likely N-dealkylation sites (N-methyl/N-ethyl adjacent to an activating group) is 1. The number of hydrogen-bond acceptors (Lipinski definition) is 2. The molecule has 1 aromatic carbocycles. The number of hydrogen-bond donors (Lipinski definition) is 1. The highest BCUT2D eigenvalue weighted by atomic mass is 16.3. The Bertz CT molecular complexity index is 569. The van der Waals surface area contributed by atoms with Crippen molar-refractivity contribution in [3.05, 3.63) is 58.0 Å². The molecule has 0 radical (unpaired) electrons. The average molecular weight is 257 g/mol. The Morgan fingerprint density at radius 3 is 2.26 bits per heavy atom. The van der Waals surface area contributed by atoms with E-state index in [1.807, 2.05) is 14.0 Å². The third-order valence-electron chi connectivity index (χ3n) is 4.00. The third kappa shape index (κ3) is 2.74. The number of nitrogens with one attached hydrogen (secondary N) is 1. The summed E-state index contributed by atoms with van der Waals surface area (Å²) in [5, 5.41) is 3.43. The van der Waals surface area contributed by atoms with E-state index < -0.39 is 0 Å². The predicted octanol–water partition coefficient (Wildman–Crippen LogP) is 4.02. The molecular weight excluding hydrogens is 234 g/mol. The molecule has 1 unspecified atom stereocenters. The van der Waals surface area contributed by atoms with Crippen LogP contribution in [0.25, 0.3) is 0 Å². The standard InChI is InChI=1S/C17H23NO/c1-11-8-6-7-9-15(11)10-16(18-5)17-12(2)13(3)19-14(17)4/h6-9,16,18H,10H2,1-5H3. The summed E-state index contributed by atoms with van der Waals surface area (Å²) < 4.78 is 5.76. The first-order valence-electron chi connectivity index (χ1n) is 6.82. The van der Waals surface area contributed by atoms with Crippen LogP contribution in [0.3, 0.4) is 0 Å². The first-order valence-corrected chi connectivity index (χ1v) is 6.82. The SMILES string of the molecule is CNC(Cc1ccccc1C)c1c(C)oc(C)c1C. The van der Waals surface area contributed by atoms with Crippen LogP contribution in [0, 0.1) is 27.7 Å². The van der Waals surface area contributed by atoms with Crippen molar-refractivity contribution in [2.24, 2.45) is 0 Å². The van der Waals surface area contributed by atoms with Crippen molar-refractivity contribution in [3.8, 4) is 0 Å². The van der Waals surface area contributed by atoms with E-state index in [2.05, 4.69) is 50.4 Å². The van der Waals surface area contributed by atoms with Crippen molar-refractivity contribution < 1.29 is 4.42 Å². The highest BCUT2D eigenvalue weighted by Crippen LogP contribution is 2.29. The van der Waals surface area contributed by atoms with Gasteiger partial charge in [0.15, 0.2) is 0 Å². The number of aryl methyl sites for hydroxylation is 3. The summed E-state index contributed by atoms with van der Waals surface area (Å²) >= 11 is 0. The summed E-state index contributed by atoms with van der Waals surface area (Å²) in [5.41, 5.74) is 5.31. The van der Waals surface area contributed by atoms with Gasteiger partial charge in [-0.3, -0.25) is 0 Å². The van der Waals surface area contributed by atoms with E-state index in [1.54, 1.807) is 0 Å². The lowest BCUT2D eigenvalue weighted by molar-refractivity contribution is 0.489. The van der Waals surface area contributed by atoms with E-state index in [-0.39, 0.29) is 0 Å². The van der Waals surface area contributed by atoms with E-state index in [1.165, 1.54) is 22.3 Å². The molecule has 2 aromatic rings. The van der Waals surface area contributed by atoms with E-state index in [0.29, 0.717) is 6.04 Å². The minimum absolute atomic E-state index is 0.304. The largest absolute Gasteiger partial charge is 0.466 e. The summed E-state index contributed by atoms with van der Waals surface area (Å²) in [7, 11) is 2.02. The maximum atomic E-state index is 5.76. The molecule has 0 aliphatic carbocycles. The van der Waals surface area contributed by atoms with Crippen molar-refractivity contribution in [3.63, 3.8) is 0 Å². The monoisotopic (exact) mass is 257 g/mol. The van der Waals surface area contributed by atoms with Crippen molar-refractivity contribution in [2.75, 3.05) is 7.05 Å². The van der Waals surface area contributed by atoms with Gasteiger partial charge >= 0.3 is 0 Å². The van der Waals surface area contributed by atoms with Gasteiger partial charge in [0.25, 0.3) is 0 Å². The molecular formula is C17H23NO. The molecule has 1 N–H and O–H groups in total. The molecule has 2 rings (SSSR count). The normalized spacial score (nSPS) is 12.7. The maximum Gasteiger partial charge on any atom is 0.106 e. The zero-order valence-electron chi connectivity index (χ0n) is 12.5. The highest BCUT2D eigenvalue weighted by molar-refractivity contribution is 5.36. The van der Waals surface area contributed by atoms with Gasteiger partial charge in [-0.15, -0.1) is 0 Å². The molecule has 102 valence electrons. The lowest BCUT2D eigenvalue weighted by Crippen LogP contribution is -2.20. The molecule has 1 atom stereocenters. The molecule has 0 bridgehead atoms. The van der Waals surface area contributed by atoms with Crippen LogP contribution in [0.4, 0.5) is 0 Å². The molecule has 0 saturated carbocycles. The second-order valence-corrected chi connectivity index (χ2v) is 5.22. The summed E-state index contributed by atoms with van der Waals surface area (Å²) in [6.07, 6.45) is 0.990. The van der Waals surface area contributed by atoms with Gasteiger partial charge in [0.1, 0.15) is 11.5 Å². The third-order valence-corrected chi connectivity index (χ3v) is 4.00. The van der Waals surface area contributed by atoms with E-state index in [4.69, 9.17) is 4.42 Å². The summed E-state index contributed by atoms with van der Waals surface area (Å²) in [6, 6.07) is 8.87. The van der Waals surface area contributed by atoms with Crippen LogP contribution in [-0.4, -0.2) is 7.05 Å². The molecule has 0 aliphatic heterocycles. The summed E-state index contributed by atoms with van der Waals surface area (Å²) in [4.78, 5) is 0. The van der Waals surface area contributed by atoms with Crippen LogP contribution in [-0.2, 0) is 6.42 Å². The smallest absolute Gasteiger partial charge is 0.106 e. The Hall–Kier alpha value is -1.54. The molecule has 1 aromatic heterocycles. The molecule has 2 nitrogen and oxygen atoms in total. The van der Waals surface area contributed by atoms with Crippen molar-refractivity contribution in [2.45, 2.75) is 40.2 Å². The average Bonchev–Trinajstić information content (AvgIpc) is 2.63. The van der Waals surface area contributed by atoms with Gasteiger partial charge in [-0.05, 0) is 57.9 Å². The van der Waals surface area contributed by atoms with Crippen LogP contribution in [0.2, 0.25) is 0 Å². The lowest BCUT2D eigenvalue weighted by atomic mass is 9.94. The van der Waals surface area contributed by atoms with E-state index in [0.717, 1.165) is 17.9 Å². The topological polar surface area (TPSA) is 25.2 Å². The van der Waals surface area contributed by atoms with Crippen molar-refractivity contribution in [1.82, 2.24) is 5.32 Å².